The lowest BCUT2D eigenvalue weighted by Gasteiger charge is -2.39. The van der Waals surface area contributed by atoms with Crippen LogP contribution in [-0.2, 0) is 10.0 Å². The molecule has 0 saturated carbocycles. The number of urea groups is 1. The molecule has 0 aliphatic carbocycles. The number of hydrogen-bond donors (Lipinski definition) is 0. The molecule has 0 spiro atoms. The van der Waals surface area contributed by atoms with Gasteiger partial charge in [-0.3, -0.25) is 4.98 Å². The van der Waals surface area contributed by atoms with Crippen molar-refractivity contribution >= 4 is 26.8 Å². The van der Waals surface area contributed by atoms with Gasteiger partial charge < -0.3 is 14.7 Å². The average Bonchev–Trinajstić information content (AvgIpc) is 2.73. The number of rotatable bonds is 2. The molecule has 0 bridgehead atoms. The van der Waals surface area contributed by atoms with E-state index in [-0.39, 0.29) is 6.03 Å². The number of pyridine rings is 1. The Morgan fingerprint density at radius 3 is 2.25 bits per heavy atom. The summed E-state index contributed by atoms with van der Waals surface area (Å²) in [6, 6.07) is 6.98. The van der Waals surface area contributed by atoms with Gasteiger partial charge in [-0.25, -0.2) is 13.2 Å². The van der Waals surface area contributed by atoms with Crippen molar-refractivity contribution in [1.82, 2.24) is 24.0 Å². The zero-order valence-corrected chi connectivity index (χ0v) is 16.8. The lowest BCUT2D eigenvalue weighted by atomic mass is 10.2. The first-order chi connectivity index (χ1) is 13.5. The van der Waals surface area contributed by atoms with Crippen molar-refractivity contribution in [1.29, 1.82) is 0 Å². The Labute approximate surface area is 165 Å². The predicted molar refractivity (Wildman–Crippen MR) is 107 cm³/mol. The highest BCUT2D eigenvalue weighted by atomic mass is 32.2. The summed E-state index contributed by atoms with van der Waals surface area (Å²) in [5, 5.41) is 1.47. The van der Waals surface area contributed by atoms with Crippen molar-refractivity contribution in [3.63, 3.8) is 0 Å². The van der Waals surface area contributed by atoms with Crippen molar-refractivity contribution in [2.45, 2.75) is 4.90 Å². The number of aromatic nitrogens is 1. The Morgan fingerprint density at radius 2 is 1.57 bits per heavy atom. The van der Waals surface area contributed by atoms with Crippen LogP contribution in [0.2, 0.25) is 0 Å². The van der Waals surface area contributed by atoms with Crippen LogP contribution in [0.25, 0.3) is 10.8 Å². The van der Waals surface area contributed by atoms with Gasteiger partial charge in [-0.1, -0.05) is 12.1 Å². The van der Waals surface area contributed by atoms with E-state index in [2.05, 4.69) is 16.9 Å². The van der Waals surface area contributed by atoms with Gasteiger partial charge in [0.2, 0.25) is 10.0 Å². The van der Waals surface area contributed by atoms with Gasteiger partial charge in [0.25, 0.3) is 0 Å². The third-order valence-electron chi connectivity index (χ3n) is 5.54. The first kappa shape index (κ1) is 19.1. The maximum Gasteiger partial charge on any atom is 0.320 e. The Hall–Kier alpha value is -2.23. The van der Waals surface area contributed by atoms with Gasteiger partial charge >= 0.3 is 6.03 Å². The topological polar surface area (TPSA) is 77.1 Å². The SMILES string of the molecule is CN1CCN(C(=O)N2CCN(S(=O)(=O)c3cccc4cnccc34)CC2)CC1. The van der Waals surface area contributed by atoms with E-state index in [1.165, 1.54) is 4.31 Å². The molecule has 3 heterocycles. The van der Waals surface area contributed by atoms with Crippen molar-refractivity contribution in [3.05, 3.63) is 36.7 Å². The number of likely N-dealkylation sites (N-methyl/N-ethyl adjacent to an activating group) is 1. The van der Waals surface area contributed by atoms with Gasteiger partial charge in [0.05, 0.1) is 4.90 Å². The zero-order valence-electron chi connectivity index (χ0n) is 16.0. The van der Waals surface area contributed by atoms with Crippen LogP contribution >= 0.6 is 0 Å². The number of piperazine rings is 2. The zero-order chi connectivity index (χ0) is 19.7. The summed E-state index contributed by atoms with van der Waals surface area (Å²) in [5.41, 5.74) is 0. The molecule has 9 heteroatoms. The second-order valence-corrected chi connectivity index (χ2v) is 9.22. The molecule has 4 rings (SSSR count). The lowest BCUT2D eigenvalue weighted by Crippen LogP contribution is -2.57. The number of fused-ring (bicyclic) bond motifs is 1. The highest BCUT2D eigenvalue weighted by molar-refractivity contribution is 7.89. The van der Waals surface area contributed by atoms with Gasteiger partial charge in [0.15, 0.2) is 0 Å². The number of carbonyl (C=O) groups is 1. The minimum Gasteiger partial charge on any atom is -0.322 e. The first-order valence-corrected chi connectivity index (χ1v) is 11.0. The number of carbonyl (C=O) groups excluding carboxylic acids is 1. The van der Waals surface area contributed by atoms with E-state index in [1.807, 2.05) is 11.0 Å². The van der Waals surface area contributed by atoms with Gasteiger partial charge in [0.1, 0.15) is 0 Å². The smallest absolute Gasteiger partial charge is 0.320 e. The Morgan fingerprint density at radius 1 is 0.929 bits per heavy atom. The first-order valence-electron chi connectivity index (χ1n) is 9.52. The van der Waals surface area contributed by atoms with Crippen molar-refractivity contribution in [2.75, 3.05) is 59.4 Å². The summed E-state index contributed by atoms with van der Waals surface area (Å²) in [5.74, 6) is 0. The Bertz CT molecular complexity index is 959. The fraction of sp³-hybridized carbons (Fsp3) is 0.474. The Balaban J connectivity index is 1.46. The monoisotopic (exact) mass is 403 g/mol. The van der Waals surface area contributed by atoms with E-state index < -0.39 is 10.0 Å². The quantitative estimate of drug-likeness (QED) is 0.745. The minimum atomic E-state index is -3.62. The minimum absolute atomic E-state index is 0.0152. The average molecular weight is 404 g/mol. The summed E-state index contributed by atoms with van der Waals surface area (Å²) in [7, 11) is -1.57. The normalized spacial score (nSPS) is 19.9. The Kier molecular flexibility index (Phi) is 5.22. The van der Waals surface area contributed by atoms with Crippen LogP contribution in [-0.4, -0.2) is 97.8 Å². The van der Waals surface area contributed by atoms with Crippen LogP contribution in [0.5, 0.6) is 0 Å². The summed E-state index contributed by atoms with van der Waals surface area (Å²) in [4.78, 5) is 22.9. The van der Waals surface area contributed by atoms with Crippen LogP contribution < -0.4 is 0 Å². The fourth-order valence-electron chi connectivity index (χ4n) is 3.77. The molecule has 0 radical (unpaired) electrons. The highest BCUT2D eigenvalue weighted by Gasteiger charge is 2.33. The largest absolute Gasteiger partial charge is 0.322 e. The fourth-order valence-corrected chi connectivity index (χ4v) is 5.41. The second-order valence-electron chi connectivity index (χ2n) is 7.32. The molecule has 2 aliphatic rings. The van der Waals surface area contributed by atoms with E-state index >= 15 is 0 Å². The maximum atomic E-state index is 13.2. The van der Waals surface area contributed by atoms with Gasteiger partial charge in [-0.05, 0) is 19.2 Å². The van der Waals surface area contributed by atoms with E-state index in [0.29, 0.717) is 36.5 Å². The molecule has 2 amide bonds. The number of amides is 2. The number of nitrogens with zero attached hydrogens (tertiary/aromatic N) is 5. The lowest BCUT2D eigenvalue weighted by molar-refractivity contribution is 0.110. The number of hydrogen-bond acceptors (Lipinski definition) is 5. The van der Waals surface area contributed by atoms with Crippen LogP contribution in [0.4, 0.5) is 4.79 Å². The summed E-state index contributed by atoms with van der Waals surface area (Å²) < 4.78 is 27.9. The van der Waals surface area contributed by atoms with Gasteiger partial charge in [0, 0.05) is 75.5 Å². The van der Waals surface area contributed by atoms with Crippen molar-refractivity contribution in [3.8, 4) is 0 Å². The van der Waals surface area contributed by atoms with E-state index in [0.717, 1.165) is 31.6 Å². The van der Waals surface area contributed by atoms with Gasteiger partial charge in [-0.2, -0.15) is 4.31 Å². The molecular weight excluding hydrogens is 378 g/mol. The molecule has 0 atom stereocenters. The molecule has 2 fully saturated rings. The third-order valence-corrected chi connectivity index (χ3v) is 7.50. The van der Waals surface area contributed by atoms with E-state index in [1.54, 1.807) is 35.5 Å². The molecule has 1 aromatic carbocycles. The molecule has 150 valence electrons. The highest BCUT2D eigenvalue weighted by Crippen LogP contribution is 2.26. The summed E-state index contributed by atoms with van der Waals surface area (Å²) in [6.45, 7) is 4.63. The molecule has 0 unspecified atom stereocenters. The molecular formula is C19H25N5O3S. The van der Waals surface area contributed by atoms with E-state index in [4.69, 9.17) is 0 Å². The summed E-state index contributed by atoms with van der Waals surface area (Å²) >= 11 is 0. The number of benzene rings is 1. The second kappa shape index (κ2) is 7.65. The molecule has 2 aromatic rings. The van der Waals surface area contributed by atoms with Crippen LogP contribution in [0.1, 0.15) is 0 Å². The molecule has 1 aromatic heterocycles. The molecule has 2 aliphatic heterocycles. The number of sulfonamides is 1. The molecule has 0 N–H and O–H groups in total. The third kappa shape index (κ3) is 3.57. The molecule has 28 heavy (non-hydrogen) atoms. The van der Waals surface area contributed by atoms with Crippen LogP contribution in [0.15, 0.2) is 41.6 Å². The standard InChI is InChI=1S/C19H25N5O3S/c1-21-7-9-22(10-8-21)19(25)23-11-13-24(14-12-23)28(26,27)18-4-2-3-16-15-20-6-5-17(16)18/h2-6,15H,7-14H2,1H3. The van der Waals surface area contributed by atoms with Crippen LogP contribution in [0, 0.1) is 0 Å². The maximum absolute atomic E-state index is 13.2. The molecule has 8 nitrogen and oxygen atoms in total. The van der Waals surface area contributed by atoms with Crippen LogP contribution in [0.3, 0.4) is 0 Å². The molecule has 2 saturated heterocycles. The predicted octanol–water partition coefficient (Wildman–Crippen LogP) is 0.909. The van der Waals surface area contributed by atoms with Crippen molar-refractivity contribution < 1.29 is 13.2 Å². The van der Waals surface area contributed by atoms with E-state index in [9.17, 15) is 13.2 Å². The van der Waals surface area contributed by atoms with Crippen molar-refractivity contribution in [2.24, 2.45) is 0 Å². The summed E-state index contributed by atoms with van der Waals surface area (Å²) in [6.07, 6.45) is 3.27. The van der Waals surface area contributed by atoms with Gasteiger partial charge in [-0.15, -0.1) is 0 Å².